The van der Waals surface area contributed by atoms with E-state index in [0.29, 0.717) is 0 Å². The highest BCUT2D eigenvalue weighted by molar-refractivity contribution is 6.12. The molecule has 0 aliphatic rings. The van der Waals surface area contributed by atoms with Gasteiger partial charge in [-0.1, -0.05) is 139 Å². The summed E-state index contributed by atoms with van der Waals surface area (Å²) in [7, 11) is 0. The number of fused-ring (bicyclic) bond motifs is 9. The van der Waals surface area contributed by atoms with Crippen molar-refractivity contribution in [2.45, 2.75) is 52.4 Å². The minimum atomic E-state index is 0.0490. The number of pyridine rings is 1. The first kappa shape index (κ1) is 38.9. The van der Waals surface area contributed by atoms with Crippen molar-refractivity contribution >= 4 is 65.4 Å². The van der Waals surface area contributed by atoms with Gasteiger partial charge in [0.05, 0.1) is 33.1 Å². The second-order valence-corrected chi connectivity index (χ2v) is 19.8. The smallest absolute Gasteiger partial charge is 0.0541 e. The second-order valence-electron chi connectivity index (χ2n) is 19.8. The Labute approximate surface area is 379 Å². The SMILES string of the molecule is CC(C)(C)c1ccc2c(c1)c1cc(C(C)(C)C)ccc1n2-c1ccc(-c2cncc(-c3cc(-n4c5ccccc5c5ccccc54)cc(-n4c5ccccc5c5ccccc54)c3)c2)cc1. The van der Waals surface area contributed by atoms with Crippen LogP contribution < -0.4 is 0 Å². The summed E-state index contributed by atoms with van der Waals surface area (Å²) in [4.78, 5) is 4.91. The van der Waals surface area contributed by atoms with Crippen molar-refractivity contribution in [2.24, 2.45) is 0 Å². The number of aromatic nitrogens is 4. The molecule has 0 spiro atoms. The van der Waals surface area contributed by atoms with Crippen molar-refractivity contribution in [3.8, 4) is 39.3 Å². The van der Waals surface area contributed by atoms with Crippen LogP contribution in [0.2, 0.25) is 0 Å². The number of hydrogen-bond acceptors (Lipinski definition) is 1. The van der Waals surface area contributed by atoms with Gasteiger partial charge in [-0.15, -0.1) is 0 Å². The van der Waals surface area contributed by atoms with Crippen LogP contribution in [0.4, 0.5) is 0 Å². The van der Waals surface area contributed by atoms with Gasteiger partial charge < -0.3 is 13.7 Å². The molecule has 12 aromatic rings. The Kier molecular flexibility index (Phi) is 8.64. The molecule has 0 bridgehead atoms. The molecule has 4 nitrogen and oxygen atoms in total. The molecular formula is C61H50N4. The standard InChI is InChI=1S/C61H50N4/c1-60(2,3)43-25-29-58-52(34-43)53-35-44(61(4,5)6)26-30-59(53)63(58)45-27-23-39(24-28-45)41-31-42(38-62-37-41)40-32-46(64-54-19-11-7-15-48(54)49-16-8-12-20-55(49)64)36-47(33-40)65-56-21-13-9-17-50(56)51-18-10-14-22-57(51)65/h7-38H,1-6H3. The van der Waals surface area contributed by atoms with E-state index < -0.39 is 0 Å². The summed E-state index contributed by atoms with van der Waals surface area (Å²) in [6.07, 6.45) is 4.00. The zero-order chi connectivity index (χ0) is 44.2. The van der Waals surface area contributed by atoms with Crippen molar-refractivity contribution in [1.82, 2.24) is 18.7 Å². The molecule has 8 aromatic carbocycles. The minimum absolute atomic E-state index is 0.0490. The van der Waals surface area contributed by atoms with Gasteiger partial charge in [0.2, 0.25) is 0 Å². The average molecular weight is 839 g/mol. The third-order valence-electron chi connectivity index (χ3n) is 13.6. The van der Waals surface area contributed by atoms with E-state index in [2.05, 4.69) is 237 Å². The summed E-state index contributed by atoms with van der Waals surface area (Å²) in [5.41, 5.74) is 17.6. The number of hydrogen-bond donors (Lipinski definition) is 0. The topological polar surface area (TPSA) is 27.7 Å². The van der Waals surface area contributed by atoms with Gasteiger partial charge in [0.15, 0.2) is 0 Å². The lowest BCUT2D eigenvalue weighted by atomic mass is 9.85. The lowest BCUT2D eigenvalue weighted by molar-refractivity contribution is 0.590. The predicted molar refractivity (Wildman–Crippen MR) is 276 cm³/mol. The van der Waals surface area contributed by atoms with Crippen molar-refractivity contribution < 1.29 is 0 Å². The molecule has 0 saturated heterocycles. The Bertz CT molecular complexity index is 3530. The van der Waals surface area contributed by atoms with Crippen molar-refractivity contribution in [3.05, 3.63) is 206 Å². The molecule has 0 fully saturated rings. The largest absolute Gasteiger partial charge is 0.309 e. The highest BCUT2D eigenvalue weighted by Crippen LogP contribution is 2.40. The lowest BCUT2D eigenvalue weighted by Gasteiger charge is -2.19. The first-order chi connectivity index (χ1) is 31.5. The Balaban J connectivity index is 1.01. The van der Waals surface area contributed by atoms with Crippen molar-refractivity contribution in [2.75, 3.05) is 0 Å². The maximum Gasteiger partial charge on any atom is 0.0541 e. The lowest BCUT2D eigenvalue weighted by Crippen LogP contribution is -2.10. The third kappa shape index (κ3) is 6.30. The molecule has 314 valence electrons. The molecule has 0 saturated carbocycles. The zero-order valence-electron chi connectivity index (χ0n) is 37.8. The molecule has 0 radical (unpaired) electrons. The van der Waals surface area contributed by atoms with Gasteiger partial charge in [-0.05, 0) is 118 Å². The Hall–Kier alpha value is -7.69. The molecular weight excluding hydrogens is 789 g/mol. The van der Waals surface area contributed by atoms with Crippen LogP contribution in [-0.2, 0) is 10.8 Å². The van der Waals surface area contributed by atoms with Crippen LogP contribution in [0.25, 0.3) is 105 Å². The van der Waals surface area contributed by atoms with E-state index in [9.17, 15) is 0 Å². The highest BCUT2D eigenvalue weighted by atomic mass is 15.0. The van der Waals surface area contributed by atoms with Gasteiger partial charge in [-0.2, -0.15) is 0 Å². The monoisotopic (exact) mass is 838 g/mol. The van der Waals surface area contributed by atoms with Crippen LogP contribution in [0.5, 0.6) is 0 Å². The van der Waals surface area contributed by atoms with Gasteiger partial charge >= 0.3 is 0 Å². The number of rotatable bonds is 5. The van der Waals surface area contributed by atoms with Crippen LogP contribution in [-0.4, -0.2) is 18.7 Å². The summed E-state index contributed by atoms with van der Waals surface area (Å²) in [5.74, 6) is 0. The number of benzene rings is 8. The van der Waals surface area contributed by atoms with E-state index >= 15 is 0 Å². The van der Waals surface area contributed by atoms with E-state index in [1.807, 2.05) is 12.4 Å². The Morgan fingerprint density at radius 1 is 0.292 bits per heavy atom. The molecule has 4 heteroatoms. The molecule has 4 heterocycles. The fourth-order valence-corrected chi connectivity index (χ4v) is 10.2. The fourth-order valence-electron chi connectivity index (χ4n) is 10.2. The number of nitrogens with zero attached hydrogens (tertiary/aromatic N) is 4. The molecule has 0 atom stereocenters. The van der Waals surface area contributed by atoms with Crippen molar-refractivity contribution in [3.63, 3.8) is 0 Å². The van der Waals surface area contributed by atoms with E-state index in [0.717, 1.165) is 39.3 Å². The maximum absolute atomic E-state index is 4.91. The maximum atomic E-state index is 4.91. The molecule has 0 aliphatic carbocycles. The van der Waals surface area contributed by atoms with E-state index in [1.54, 1.807) is 0 Å². The molecule has 65 heavy (non-hydrogen) atoms. The van der Waals surface area contributed by atoms with Crippen LogP contribution in [0, 0.1) is 0 Å². The summed E-state index contributed by atoms with van der Waals surface area (Å²) in [6.45, 7) is 13.8. The molecule has 0 amide bonds. The zero-order valence-corrected chi connectivity index (χ0v) is 37.8. The van der Waals surface area contributed by atoms with Crippen LogP contribution in [0.3, 0.4) is 0 Å². The molecule has 0 unspecified atom stereocenters. The average Bonchev–Trinajstić information content (AvgIpc) is 3.96. The van der Waals surface area contributed by atoms with Crippen LogP contribution in [0.1, 0.15) is 52.7 Å². The first-order valence-electron chi connectivity index (χ1n) is 22.8. The van der Waals surface area contributed by atoms with Gasteiger partial charge in [0.1, 0.15) is 0 Å². The summed E-state index contributed by atoms with van der Waals surface area (Å²) >= 11 is 0. The third-order valence-corrected chi connectivity index (χ3v) is 13.6. The van der Waals surface area contributed by atoms with Gasteiger partial charge in [-0.25, -0.2) is 0 Å². The Morgan fingerprint density at radius 2 is 0.662 bits per heavy atom. The van der Waals surface area contributed by atoms with E-state index in [1.165, 1.54) is 76.5 Å². The molecule has 12 rings (SSSR count). The fraction of sp³-hybridized carbons (Fsp3) is 0.131. The highest BCUT2D eigenvalue weighted by Gasteiger charge is 2.22. The first-order valence-corrected chi connectivity index (χ1v) is 22.8. The predicted octanol–water partition coefficient (Wildman–Crippen LogP) is 16.3. The number of para-hydroxylation sites is 4. The van der Waals surface area contributed by atoms with E-state index in [4.69, 9.17) is 4.98 Å². The minimum Gasteiger partial charge on any atom is -0.309 e. The van der Waals surface area contributed by atoms with Gasteiger partial charge in [0.25, 0.3) is 0 Å². The summed E-state index contributed by atoms with van der Waals surface area (Å²) < 4.78 is 7.27. The van der Waals surface area contributed by atoms with Crippen LogP contribution in [0.15, 0.2) is 194 Å². The second kappa shape index (κ2) is 14.4. The van der Waals surface area contributed by atoms with E-state index in [-0.39, 0.29) is 10.8 Å². The van der Waals surface area contributed by atoms with Crippen molar-refractivity contribution in [1.29, 1.82) is 0 Å². The normalized spacial score (nSPS) is 12.5. The summed E-state index contributed by atoms with van der Waals surface area (Å²) in [5, 5.41) is 7.55. The molecule has 0 N–H and O–H groups in total. The quantitative estimate of drug-likeness (QED) is 0.170. The molecule has 4 aromatic heterocycles. The van der Waals surface area contributed by atoms with Gasteiger partial charge in [0, 0.05) is 72.9 Å². The van der Waals surface area contributed by atoms with Crippen LogP contribution >= 0.6 is 0 Å². The Morgan fingerprint density at radius 3 is 1.08 bits per heavy atom. The molecule has 0 aliphatic heterocycles. The van der Waals surface area contributed by atoms with Gasteiger partial charge in [-0.3, -0.25) is 4.98 Å². The summed E-state index contributed by atoms with van der Waals surface area (Å²) in [6, 6.07) is 67.4.